The quantitative estimate of drug-likeness (QED) is 0.749. The fourth-order valence-electron chi connectivity index (χ4n) is 2.69. The molecule has 1 aliphatic heterocycles. The Hall–Kier alpha value is -2.50. The summed E-state index contributed by atoms with van der Waals surface area (Å²) < 4.78 is 0. The second-order valence-corrected chi connectivity index (χ2v) is 6.32. The largest absolute Gasteiger partial charge is 0.327 e. The van der Waals surface area contributed by atoms with Gasteiger partial charge in [-0.15, -0.1) is 0 Å². The third kappa shape index (κ3) is 3.62. The van der Waals surface area contributed by atoms with Crippen molar-refractivity contribution in [3.63, 3.8) is 0 Å². The molecular formula is C18H15Cl2N3O2. The lowest BCUT2D eigenvalue weighted by Crippen LogP contribution is -2.46. The smallest absolute Gasteiger partial charge is 0.319 e. The number of anilines is 1. The zero-order valence-electron chi connectivity index (χ0n) is 13.3. The Morgan fingerprint density at radius 3 is 2.52 bits per heavy atom. The van der Waals surface area contributed by atoms with Crippen LogP contribution in [0.4, 0.5) is 10.5 Å². The minimum atomic E-state index is -0.705. The van der Waals surface area contributed by atoms with Crippen LogP contribution in [0.1, 0.15) is 18.5 Å². The van der Waals surface area contributed by atoms with Crippen LogP contribution in [0.15, 0.2) is 59.8 Å². The van der Waals surface area contributed by atoms with E-state index in [1.165, 1.54) is 0 Å². The number of halogens is 2. The minimum Gasteiger partial charge on any atom is -0.327 e. The van der Waals surface area contributed by atoms with E-state index in [1.807, 2.05) is 18.2 Å². The molecule has 0 saturated heterocycles. The highest BCUT2D eigenvalue weighted by Gasteiger charge is 2.32. The molecule has 0 unspecified atom stereocenters. The van der Waals surface area contributed by atoms with Crippen molar-refractivity contribution in [1.82, 2.24) is 10.6 Å². The molecule has 1 heterocycles. The number of amides is 3. The van der Waals surface area contributed by atoms with Gasteiger partial charge in [0.15, 0.2) is 0 Å². The van der Waals surface area contributed by atoms with E-state index in [2.05, 4.69) is 16.0 Å². The van der Waals surface area contributed by atoms with Crippen molar-refractivity contribution < 1.29 is 9.59 Å². The summed E-state index contributed by atoms with van der Waals surface area (Å²) in [5.74, 6) is -0.336. The molecule has 25 heavy (non-hydrogen) atoms. The van der Waals surface area contributed by atoms with Crippen LogP contribution in [-0.4, -0.2) is 11.9 Å². The Morgan fingerprint density at radius 2 is 1.80 bits per heavy atom. The summed E-state index contributed by atoms with van der Waals surface area (Å²) in [4.78, 5) is 24.7. The van der Waals surface area contributed by atoms with E-state index in [1.54, 1.807) is 37.3 Å². The van der Waals surface area contributed by atoms with Crippen molar-refractivity contribution in [2.45, 2.75) is 13.0 Å². The number of nitrogens with one attached hydrogen (secondary N) is 3. The molecule has 0 bridgehead atoms. The SMILES string of the molecule is CC1=C(C(=O)Nc2ccccc2)[C@@H](c2cccc(Cl)c2Cl)NC(=O)N1. The van der Waals surface area contributed by atoms with E-state index in [0.717, 1.165) is 0 Å². The molecule has 7 heteroatoms. The van der Waals surface area contributed by atoms with Gasteiger partial charge in [0, 0.05) is 11.4 Å². The van der Waals surface area contributed by atoms with Crippen LogP contribution in [-0.2, 0) is 4.79 Å². The molecule has 0 radical (unpaired) electrons. The van der Waals surface area contributed by atoms with Crippen LogP contribution in [0.2, 0.25) is 10.0 Å². The van der Waals surface area contributed by atoms with E-state index in [0.29, 0.717) is 32.6 Å². The van der Waals surface area contributed by atoms with Crippen LogP contribution in [0, 0.1) is 0 Å². The van der Waals surface area contributed by atoms with Gasteiger partial charge in [-0.05, 0) is 30.7 Å². The summed E-state index contributed by atoms with van der Waals surface area (Å²) in [7, 11) is 0. The minimum absolute atomic E-state index is 0.300. The first kappa shape index (κ1) is 17.3. The summed E-state index contributed by atoms with van der Waals surface area (Å²) in [5.41, 5.74) is 2.04. The number of carbonyl (C=O) groups is 2. The van der Waals surface area contributed by atoms with Gasteiger partial charge >= 0.3 is 6.03 Å². The number of rotatable bonds is 3. The first-order valence-corrected chi connectivity index (χ1v) is 8.31. The highest BCUT2D eigenvalue weighted by molar-refractivity contribution is 6.42. The maximum atomic E-state index is 12.8. The van der Waals surface area contributed by atoms with Gasteiger partial charge in [0.2, 0.25) is 0 Å². The van der Waals surface area contributed by atoms with Crippen LogP contribution in [0.5, 0.6) is 0 Å². The standard InChI is InChI=1S/C18H15Cl2N3O2/c1-10-14(17(24)22-11-6-3-2-4-7-11)16(23-18(25)21-10)12-8-5-9-13(19)15(12)20/h2-9,16H,1H3,(H,22,24)(H2,21,23,25)/t16-/m1/s1. The predicted molar refractivity (Wildman–Crippen MR) is 98.6 cm³/mol. The van der Waals surface area contributed by atoms with Crippen molar-refractivity contribution in [3.05, 3.63) is 75.4 Å². The van der Waals surface area contributed by atoms with Crippen molar-refractivity contribution in [1.29, 1.82) is 0 Å². The number of carbonyl (C=O) groups excluding carboxylic acids is 2. The van der Waals surface area contributed by atoms with Gasteiger partial charge in [-0.2, -0.15) is 0 Å². The lowest BCUT2D eigenvalue weighted by atomic mass is 9.94. The Morgan fingerprint density at radius 1 is 1.08 bits per heavy atom. The number of hydrogen-bond donors (Lipinski definition) is 3. The molecule has 0 fully saturated rings. The van der Waals surface area contributed by atoms with Crippen LogP contribution in [0.25, 0.3) is 0 Å². The molecule has 2 aromatic carbocycles. The van der Waals surface area contributed by atoms with Gasteiger partial charge in [0.25, 0.3) is 5.91 Å². The average molecular weight is 376 g/mol. The highest BCUT2D eigenvalue weighted by Crippen LogP contribution is 2.35. The zero-order valence-corrected chi connectivity index (χ0v) is 14.8. The van der Waals surface area contributed by atoms with Crippen LogP contribution >= 0.6 is 23.2 Å². The van der Waals surface area contributed by atoms with Gasteiger partial charge in [0.05, 0.1) is 21.7 Å². The summed E-state index contributed by atoms with van der Waals surface area (Å²) >= 11 is 12.4. The lowest BCUT2D eigenvalue weighted by Gasteiger charge is -2.29. The highest BCUT2D eigenvalue weighted by atomic mass is 35.5. The fourth-order valence-corrected chi connectivity index (χ4v) is 3.11. The van der Waals surface area contributed by atoms with Gasteiger partial charge in [0.1, 0.15) is 0 Å². The summed E-state index contributed by atoms with van der Waals surface area (Å²) in [5, 5.41) is 8.84. The summed E-state index contributed by atoms with van der Waals surface area (Å²) in [6.45, 7) is 1.67. The Balaban J connectivity index is 2.01. The first-order valence-electron chi connectivity index (χ1n) is 7.56. The predicted octanol–water partition coefficient (Wildman–Crippen LogP) is 4.26. The maximum absolute atomic E-state index is 12.8. The number of urea groups is 1. The molecule has 0 spiro atoms. The number of allylic oxidation sites excluding steroid dienone is 1. The van der Waals surface area contributed by atoms with Crippen LogP contribution in [0.3, 0.4) is 0 Å². The van der Waals surface area contributed by atoms with E-state index >= 15 is 0 Å². The van der Waals surface area contributed by atoms with E-state index < -0.39 is 12.1 Å². The van der Waals surface area contributed by atoms with Gasteiger partial charge in [-0.25, -0.2) is 4.79 Å². The molecule has 0 saturated carbocycles. The fraction of sp³-hybridized carbons (Fsp3) is 0.111. The Kier molecular flexibility index (Phi) is 4.97. The van der Waals surface area contributed by atoms with Crippen molar-refractivity contribution >= 4 is 40.8 Å². The lowest BCUT2D eigenvalue weighted by molar-refractivity contribution is -0.113. The maximum Gasteiger partial charge on any atom is 0.319 e. The molecule has 1 aliphatic rings. The summed E-state index contributed by atoms with van der Waals surface area (Å²) in [6, 6.07) is 13.1. The van der Waals surface area contributed by atoms with E-state index in [-0.39, 0.29) is 5.91 Å². The van der Waals surface area contributed by atoms with Gasteiger partial charge in [-0.3, -0.25) is 4.79 Å². The van der Waals surface area contributed by atoms with Gasteiger partial charge < -0.3 is 16.0 Å². The van der Waals surface area contributed by atoms with E-state index in [9.17, 15) is 9.59 Å². The third-order valence-electron chi connectivity index (χ3n) is 3.84. The molecule has 3 amide bonds. The molecule has 5 nitrogen and oxygen atoms in total. The van der Waals surface area contributed by atoms with Crippen LogP contribution < -0.4 is 16.0 Å². The average Bonchev–Trinajstić information content (AvgIpc) is 2.57. The molecule has 0 aromatic heterocycles. The van der Waals surface area contributed by atoms with Crippen molar-refractivity contribution in [2.24, 2.45) is 0 Å². The number of hydrogen-bond acceptors (Lipinski definition) is 2. The molecule has 128 valence electrons. The van der Waals surface area contributed by atoms with Gasteiger partial charge in [-0.1, -0.05) is 53.5 Å². The first-order chi connectivity index (χ1) is 12.0. The molecule has 1 atom stereocenters. The molecule has 2 aromatic rings. The Labute approximate surface area is 155 Å². The second kappa shape index (κ2) is 7.17. The van der Waals surface area contributed by atoms with E-state index in [4.69, 9.17) is 23.2 Å². The number of benzene rings is 2. The zero-order chi connectivity index (χ0) is 18.0. The normalized spacial score (nSPS) is 16.9. The molecule has 3 rings (SSSR count). The Bertz CT molecular complexity index is 866. The molecular weight excluding hydrogens is 361 g/mol. The third-order valence-corrected chi connectivity index (χ3v) is 4.67. The molecule has 3 N–H and O–H groups in total. The molecule has 0 aliphatic carbocycles. The van der Waals surface area contributed by atoms with Crippen molar-refractivity contribution in [2.75, 3.05) is 5.32 Å². The second-order valence-electron chi connectivity index (χ2n) is 5.53. The topological polar surface area (TPSA) is 70.2 Å². The van der Waals surface area contributed by atoms with Crippen molar-refractivity contribution in [3.8, 4) is 0 Å². The number of para-hydroxylation sites is 1. The monoisotopic (exact) mass is 375 g/mol. The summed E-state index contributed by atoms with van der Waals surface area (Å²) in [6.07, 6.45) is 0.